The van der Waals surface area contributed by atoms with Crippen molar-refractivity contribution >= 4 is 44.8 Å². The van der Waals surface area contributed by atoms with Gasteiger partial charge in [-0.15, -0.1) is 0 Å². The van der Waals surface area contributed by atoms with Crippen LogP contribution >= 0.6 is 23.2 Å². The van der Waals surface area contributed by atoms with Crippen molar-refractivity contribution in [2.75, 3.05) is 43.3 Å². The molecule has 1 aliphatic rings. The minimum absolute atomic E-state index is 0.199. The van der Waals surface area contributed by atoms with Crippen molar-refractivity contribution in [1.82, 2.24) is 10.2 Å². The second kappa shape index (κ2) is 9.78. The third kappa shape index (κ3) is 6.61. The first-order valence-electron chi connectivity index (χ1n) is 8.69. The molecular weight excluding hydrogens is 397 g/mol. The van der Waals surface area contributed by atoms with E-state index >= 15 is 0 Å². The number of nitrogens with one attached hydrogen (secondary N) is 1. The van der Waals surface area contributed by atoms with Crippen LogP contribution in [-0.4, -0.2) is 58.2 Å². The fourth-order valence-electron chi connectivity index (χ4n) is 2.96. The number of anilines is 1. The molecule has 146 valence electrons. The molecule has 1 aromatic rings. The van der Waals surface area contributed by atoms with Gasteiger partial charge in [0.05, 0.1) is 17.0 Å². The van der Waals surface area contributed by atoms with Crippen molar-refractivity contribution in [3.8, 4) is 0 Å². The van der Waals surface area contributed by atoms with Gasteiger partial charge in [-0.25, -0.2) is 8.42 Å². The second-order valence-corrected chi connectivity index (χ2v) is 9.22. The minimum Gasteiger partial charge on any atom is -0.354 e. The van der Waals surface area contributed by atoms with Crippen molar-refractivity contribution in [2.45, 2.75) is 25.7 Å². The van der Waals surface area contributed by atoms with Crippen LogP contribution in [0, 0.1) is 0 Å². The van der Waals surface area contributed by atoms with Crippen LogP contribution in [0.5, 0.6) is 0 Å². The molecule has 1 fully saturated rings. The summed E-state index contributed by atoms with van der Waals surface area (Å²) in [5, 5.41) is 3.35. The largest absolute Gasteiger partial charge is 0.354 e. The summed E-state index contributed by atoms with van der Waals surface area (Å²) in [6.07, 6.45) is 5.63. The highest BCUT2D eigenvalue weighted by Crippen LogP contribution is 2.30. The molecule has 0 bridgehead atoms. The summed E-state index contributed by atoms with van der Waals surface area (Å²) < 4.78 is 25.2. The quantitative estimate of drug-likeness (QED) is 0.655. The number of nitrogens with zero attached hydrogens (tertiary/aromatic N) is 2. The van der Waals surface area contributed by atoms with E-state index in [2.05, 4.69) is 10.2 Å². The summed E-state index contributed by atoms with van der Waals surface area (Å²) >= 11 is 12.0. The van der Waals surface area contributed by atoms with Crippen LogP contribution < -0.4 is 9.62 Å². The fraction of sp³-hybridized carbons (Fsp3) is 0.588. The molecule has 1 N–H and O–H groups in total. The number of rotatable bonds is 8. The molecule has 1 amide bonds. The lowest BCUT2D eigenvalue weighted by Crippen LogP contribution is -2.41. The molecule has 6 nitrogen and oxygen atoms in total. The second-order valence-electron chi connectivity index (χ2n) is 6.47. The standard InChI is InChI=1S/C17H25Cl2N3O3S/c1-26(24,25)22(16-12-14(18)6-7-15(16)19)13-17(23)20-8-5-11-21-9-3-2-4-10-21/h6-7,12H,2-5,8-11,13H2,1H3,(H,20,23). The SMILES string of the molecule is CS(=O)(=O)N(CC(=O)NCCCN1CCCCC1)c1cc(Cl)ccc1Cl. The average molecular weight is 422 g/mol. The van der Waals surface area contributed by atoms with E-state index in [1.54, 1.807) is 6.07 Å². The number of hydrogen-bond donors (Lipinski definition) is 1. The highest BCUT2D eigenvalue weighted by molar-refractivity contribution is 7.92. The molecule has 1 heterocycles. The lowest BCUT2D eigenvalue weighted by Gasteiger charge is -2.26. The van der Waals surface area contributed by atoms with E-state index in [1.165, 1.54) is 31.4 Å². The van der Waals surface area contributed by atoms with Crippen molar-refractivity contribution in [3.63, 3.8) is 0 Å². The molecule has 0 saturated carbocycles. The smallest absolute Gasteiger partial charge is 0.240 e. The van der Waals surface area contributed by atoms with Crippen molar-refractivity contribution in [2.24, 2.45) is 0 Å². The van der Waals surface area contributed by atoms with E-state index in [1.807, 2.05) is 0 Å². The minimum atomic E-state index is -3.68. The predicted octanol–water partition coefficient (Wildman–Crippen LogP) is 2.75. The average Bonchev–Trinajstić information content (AvgIpc) is 2.59. The molecule has 0 aliphatic carbocycles. The number of carbonyl (C=O) groups excluding carboxylic acids is 1. The van der Waals surface area contributed by atoms with Gasteiger partial charge in [0.1, 0.15) is 6.54 Å². The molecule has 26 heavy (non-hydrogen) atoms. The number of amides is 1. The van der Waals surface area contributed by atoms with Crippen LogP contribution in [0.15, 0.2) is 18.2 Å². The number of hydrogen-bond acceptors (Lipinski definition) is 4. The molecular formula is C17H25Cl2N3O3S. The van der Waals surface area contributed by atoms with Crippen LogP contribution in [0.3, 0.4) is 0 Å². The lowest BCUT2D eigenvalue weighted by atomic mass is 10.1. The van der Waals surface area contributed by atoms with E-state index in [0.29, 0.717) is 11.6 Å². The summed E-state index contributed by atoms with van der Waals surface area (Å²) in [4.78, 5) is 14.6. The highest BCUT2D eigenvalue weighted by Gasteiger charge is 2.23. The maximum Gasteiger partial charge on any atom is 0.240 e. The Bertz CT molecular complexity index is 722. The van der Waals surface area contributed by atoms with Crippen molar-refractivity contribution < 1.29 is 13.2 Å². The van der Waals surface area contributed by atoms with Crippen LogP contribution in [0.4, 0.5) is 5.69 Å². The van der Waals surface area contributed by atoms with Crippen molar-refractivity contribution in [1.29, 1.82) is 0 Å². The van der Waals surface area contributed by atoms with Crippen LogP contribution in [0.1, 0.15) is 25.7 Å². The number of piperidine rings is 1. The normalized spacial score (nSPS) is 15.7. The van der Waals surface area contributed by atoms with E-state index in [0.717, 1.165) is 36.6 Å². The van der Waals surface area contributed by atoms with E-state index in [9.17, 15) is 13.2 Å². The van der Waals surface area contributed by atoms with Crippen LogP contribution in [-0.2, 0) is 14.8 Å². The Morgan fingerprint density at radius 3 is 2.58 bits per heavy atom. The number of halogens is 2. The summed E-state index contributed by atoms with van der Waals surface area (Å²) in [7, 11) is -3.68. The van der Waals surface area contributed by atoms with Gasteiger partial charge in [0, 0.05) is 11.6 Å². The first kappa shape index (κ1) is 21.3. The zero-order valence-corrected chi connectivity index (χ0v) is 17.2. The fourth-order valence-corrected chi connectivity index (χ4v) is 4.25. The van der Waals surface area contributed by atoms with E-state index in [4.69, 9.17) is 23.2 Å². The third-order valence-electron chi connectivity index (χ3n) is 4.29. The summed E-state index contributed by atoms with van der Waals surface area (Å²) in [6, 6.07) is 4.51. The Labute approximate surface area is 165 Å². The van der Waals surface area contributed by atoms with Gasteiger partial charge < -0.3 is 10.2 Å². The number of carbonyl (C=O) groups is 1. The highest BCUT2D eigenvalue weighted by atomic mass is 35.5. The topological polar surface area (TPSA) is 69.7 Å². The summed E-state index contributed by atoms with van der Waals surface area (Å²) in [5.41, 5.74) is 0.199. The Balaban J connectivity index is 1.89. The molecule has 0 aromatic heterocycles. The molecule has 0 radical (unpaired) electrons. The third-order valence-corrected chi connectivity index (χ3v) is 5.97. The summed E-state index contributed by atoms with van der Waals surface area (Å²) in [5.74, 6) is -0.370. The van der Waals surface area contributed by atoms with Gasteiger partial charge in [-0.3, -0.25) is 9.10 Å². The summed E-state index contributed by atoms with van der Waals surface area (Å²) in [6.45, 7) is 3.35. The maximum absolute atomic E-state index is 12.2. The van der Waals surface area contributed by atoms with Gasteiger partial charge in [-0.05, 0) is 57.1 Å². The maximum atomic E-state index is 12.2. The lowest BCUT2D eigenvalue weighted by molar-refractivity contribution is -0.119. The number of sulfonamides is 1. The van der Waals surface area contributed by atoms with Gasteiger partial charge in [0.25, 0.3) is 0 Å². The Kier molecular flexibility index (Phi) is 8.01. The van der Waals surface area contributed by atoms with E-state index < -0.39 is 10.0 Å². The molecule has 1 aliphatic heterocycles. The monoisotopic (exact) mass is 421 g/mol. The van der Waals surface area contributed by atoms with Gasteiger partial charge >= 0.3 is 0 Å². The van der Waals surface area contributed by atoms with Gasteiger partial charge in [-0.2, -0.15) is 0 Å². The molecule has 0 spiro atoms. The zero-order chi connectivity index (χ0) is 19.2. The molecule has 1 saturated heterocycles. The number of likely N-dealkylation sites (tertiary alicyclic amines) is 1. The first-order valence-corrected chi connectivity index (χ1v) is 11.3. The van der Waals surface area contributed by atoms with Crippen LogP contribution in [0.2, 0.25) is 10.0 Å². The Morgan fingerprint density at radius 1 is 1.23 bits per heavy atom. The molecule has 0 unspecified atom stereocenters. The van der Waals surface area contributed by atoms with Gasteiger partial charge in [0.2, 0.25) is 15.9 Å². The first-order chi connectivity index (χ1) is 12.3. The van der Waals surface area contributed by atoms with Gasteiger partial charge in [-0.1, -0.05) is 29.6 Å². The van der Waals surface area contributed by atoms with Crippen LogP contribution in [0.25, 0.3) is 0 Å². The zero-order valence-electron chi connectivity index (χ0n) is 14.9. The Morgan fingerprint density at radius 2 is 1.92 bits per heavy atom. The number of benzene rings is 1. The molecule has 0 atom stereocenters. The van der Waals surface area contributed by atoms with E-state index in [-0.39, 0.29) is 23.2 Å². The van der Waals surface area contributed by atoms with Crippen molar-refractivity contribution in [3.05, 3.63) is 28.2 Å². The Hall–Kier alpha value is -1.02. The molecule has 9 heteroatoms. The molecule has 1 aromatic carbocycles. The van der Waals surface area contributed by atoms with Gasteiger partial charge in [0.15, 0.2) is 0 Å². The molecule has 2 rings (SSSR count). The predicted molar refractivity (Wildman–Crippen MR) is 107 cm³/mol.